The van der Waals surface area contributed by atoms with Crippen LogP contribution in [0.25, 0.3) is 0 Å². The molecular formula is C8H10ClN3O. The molecule has 1 amide bonds. The Morgan fingerprint density at radius 3 is 2.92 bits per heavy atom. The first-order valence-corrected chi connectivity index (χ1v) is 4.54. The highest BCUT2D eigenvalue weighted by Crippen LogP contribution is 2.21. The van der Waals surface area contributed by atoms with E-state index in [1.54, 1.807) is 11.1 Å². The number of rotatable bonds is 1. The molecule has 70 valence electrons. The van der Waals surface area contributed by atoms with Gasteiger partial charge in [-0.25, -0.2) is 4.98 Å². The lowest BCUT2D eigenvalue weighted by Gasteiger charge is -2.14. The number of anilines is 1. The van der Waals surface area contributed by atoms with Crippen molar-refractivity contribution in [3.8, 4) is 0 Å². The zero-order valence-electron chi connectivity index (χ0n) is 7.27. The predicted octanol–water partition coefficient (Wildman–Crippen LogP) is 0.764. The largest absolute Gasteiger partial charge is 0.320 e. The first-order valence-electron chi connectivity index (χ1n) is 4.10. The van der Waals surface area contributed by atoms with E-state index < -0.39 is 0 Å². The molecule has 0 aromatic carbocycles. The minimum Gasteiger partial charge on any atom is -0.320 e. The van der Waals surface area contributed by atoms with E-state index >= 15 is 0 Å². The number of imidazole rings is 1. The van der Waals surface area contributed by atoms with Crippen molar-refractivity contribution in [2.75, 3.05) is 11.4 Å². The quantitative estimate of drug-likeness (QED) is 0.627. The third-order valence-electron chi connectivity index (χ3n) is 2.12. The van der Waals surface area contributed by atoms with Crippen LogP contribution in [0.3, 0.4) is 0 Å². The minimum absolute atomic E-state index is 0.0503. The van der Waals surface area contributed by atoms with Crippen molar-refractivity contribution in [1.82, 2.24) is 9.55 Å². The molecule has 0 aliphatic carbocycles. The molecular weight excluding hydrogens is 190 g/mol. The van der Waals surface area contributed by atoms with Gasteiger partial charge in [-0.05, 0) is 0 Å². The zero-order chi connectivity index (χ0) is 9.42. The number of carbonyl (C=O) groups excluding carboxylic acids is 1. The fraction of sp³-hybridized carbons (Fsp3) is 0.500. The third-order valence-corrected chi connectivity index (χ3v) is 2.41. The van der Waals surface area contributed by atoms with Crippen LogP contribution in [0, 0.1) is 0 Å². The smallest absolute Gasteiger partial charge is 0.230 e. The number of alkyl halides is 1. The number of aromatic nitrogens is 2. The lowest BCUT2D eigenvalue weighted by Crippen LogP contribution is -2.27. The second-order valence-corrected chi connectivity index (χ2v) is 3.76. The number of amides is 1. The number of hydrogen-bond acceptors (Lipinski definition) is 2. The Hall–Kier alpha value is -1.03. The molecule has 0 N–H and O–H groups in total. The van der Waals surface area contributed by atoms with Gasteiger partial charge in [0.05, 0.1) is 5.38 Å². The highest BCUT2D eigenvalue weighted by molar-refractivity contribution is 6.24. The van der Waals surface area contributed by atoms with Crippen molar-refractivity contribution < 1.29 is 4.79 Å². The summed E-state index contributed by atoms with van der Waals surface area (Å²) < 4.78 is 1.81. The van der Waals surface area contributed by atoms with Crippen LogP contribution in [-0.4, -0.2) is 27.4 Å². The van der Waals surface area contributed by atoms with Crippen LogP contribution in [0.4, 0.5) is 5.95 Å². The molecule has 1 aromatic rings. The Labute approximate surface area is 81.1 Å². The van der Waals surface area contributed by atoms with Gasteiger partial charge < -0.3 is 4.57 Å². The van der Waals surface area contributed by atoms with Gasteiger partial charge in [-0.15, -0.1) is 11.6 Å². The average molecular weight is 200 g/mol. The van der Waals surface area contributed by atoms with E-state index in [-0.39, 0.29) is 11.3 Å². The van der Waals surface area contributed by atoms with E-state index in [0.29, 0.717) is 18.9 Å². The van der Waals surface area contributed by atoms with Crippen LogP contribution in [0.2, 0.25) is 0 Å². The summed E-state index contributed by atoms with van der Waals surface area (Å²) in [6, 6.07) is 0. The summed E-state index contributed by atoms with van der Waals surface area (Å²) >= 11 is 5.87. The van der Waals surface area contributed by atoms with Crippen LogP contribution >= 0.6 is 11.6 Å². The van der Waals surface area contributed by atoms with E-state index in [1.165, 1.54) is 0 Å². The van der Waals surface area contributed by atoms with Crippen molar-refractivity contribution in [3.05, 3.63) is 12.4 Å². The number of aryl methyl sites for hydroxylation is 1. The van der Waals surface area contributed by atoms with Gasteiger partial charge in [0.15, 0.2) is 0 Å². The second kappa shape index (κ2) is 3.03. The maximum absolute atomic E-state index is 11.4. The fourth-order valence-electron chi connectivity index (χ4n) is 1.48. The highest BCUT2D eigenvalue weighted by Gasteiger charge is 2.31. The first kappa shape index (κ1) is 8.56. The normalized spacial score (nSPS) is 22.8. The molecule has 0 saturated carbocycles. The molecule has 5 heteroatoms. The molecule has 0 spiro atoms. The highest BCUT2D eigenvalue weighted by atomic mass is 35.5. The van der Waals surface area contributed by atoms with E-state index in [4.69, 9.17) is 11.6 Å². The molecule has 0 bridgehead atoms. The average Bonchev–Trinajstić information content (AvgIpc) is 2.58. The topological polar surface area (TPSA) is 38.1 Å². The first-order chi connectivity index (χ1) is 6.18. The van der Waals surface area contributed by atoms with Crippen LogP contribution < -0.4 is 4.90 Å². The van der Waals surface area contributed by atoms with E-state index in [0.717, 1.165) is 0 Å². The molecule has 1 aliphatic rings. The molecule has 13 heavy (non-hydrogen) atoms. The Balaban J connectivity index is 2.27. The van der Waals surface area contributed by atoms with E-state index in [2.05, 4.69) is 4.98 Å². The third kappa shape index (κ3) is 1.42. The van der Waals surface area contributed by atoms with Crippen molar-refractivity contribution in [2.24, 2.45) is 7.05 Å². The zero-order valence-corrected chi connectivity index (χ0v) is 8.03. The summed E-state index contributed by atoms with van der Waals surface area (Å²) in [5.74, 6) is 0.724. The Bertz CT molecular complexity index is 336. The predicted molar refractivity (Wildman–Crippen MR) is 49.8 cm³/mol. The van der Waals surface area contributed by atoms with E-state index in [9.17, 15) is 4.79 Å². The summed E-state index contributed by atoms with van der Waals surface area (Å²) in [4.78, 5) is 17.1. The van der Waals surface area contributed by atoms with Crippen molar-refractivity contribution in [3.63, 3.8) is 0 Å². The summed E-state index contributed by atoms with van der Waals surface area (Å²) in [5.41, 5.74) is 0. The molecule has 1 unspecified atom stereocenters. The monoisotopic (exact) mass is 199 g/mol. The van der Waals surface area contributed by atoms with Gasteiger partial charge in [-0.3, -0.25) is 9.69 Å². The van der Waals surface area contributed by atoms with Crippen LogP contribution in [0.5, 0.6) is 0 Å². The van der Waals surface area contributed by atoms with Crippen molar-refractivity contribution in [2.45, 2.75) is 11.8 Å². The molecule has 1 aliphatic heterocycles. The van der Waals surface area contributed by atoms with Gasteiger partial charge in [0.2, 0.25) is 11.9 Å². The SMILES string of the molecule is Cn1ccnc1N1CC(Cl)CC1=O. The van der Waals surface area contributed by atoms with Crippen molar-refractivity contribution >= 4 is 23.5 Å². The maximum Gasteiger partial charge on any atom is 0.230 e. The molecule has 2 heterocycles. The van der Waals surface area contributed by atoms with Crippen molar-refractivity contribution in [1.29, 1.82) is 0 Å². The summed E-state index contributed by atoms with van der Waals surface area (Å²) in [6.07, 6.45) is 3.89. The second-order valence-electron chi connectivity index (χ2n) is 3.14. The van der Waals surface area contributed by atoms with Gasteiger partial charge in [-0.1, -0.05) is 0 Å². The Kier molecular flexibility index (Phi) is 2.00. The number of nitrogens with zero attached hydrogens (tertiary/aromatic N) is 3. The molecule has 0 radical (unpaired) electrons. The van der Waals surface area contributed by atoms with Gasteiger partial charge in [0, 0.05) is 32.4 Å². The van der Waals surface area contributed by atoms with Gasteiger partial charge in [0.1, 0.15) is 0 Å². The Morgan fingerprint density at radius 2 is 2.46 bits per heavy atom. The van der Waals surface area contributed by atoms with Gasteiger partial charge >= 0.3 is 0 Å². The summed E-state index contributed by atoms with van der Waals surface area (Å²) in [5, 5.41) is -0.0794. The number of hydrogen-bond donors (Lipinski definition) is 0. The maximum atomic E-state index is 11.4. The Morgan fingerprint density at radius 1 is 1.69 bits per heavy atom. The molecule has 1 fully saturated rings. The summed E-state index contributed by atoms with van der Waals surface area (Å²) in [7, 11) is 1.86. The van der Waals surface area contributed by atoms with Gasteiger partial charge in [0.25, 0.3) is 0 Å². The number of carbonyl (C=O) groups is 1. The summed E-state index contributed by atoms with van der Waals surface area (Å²) in [6.45, 7) is 0.561. The lowest BCUT2D eigenvalue weighted by molar-refractivity contribution is -0.117. The molecule has 4 nitrogen and oxygen atoms in total. The van der Waals surface area contributed by atoms with E-state index in [1.807, 2.05) is 17.8 Å². The standard InChI is InChI=1S/C8H10ClN3O/c1-11-3-2-10-8(11)12-5-6(9)4-7(12)13/h2-3,6H,4-5H2,1H3. The van der Waals surface area contributed by atoms with Crippen LogP contribution in [-0.2, 0) is 11.8 Å². The molecule has 2 rings (SSSR count). The lowest BCUT2D eigenvalue weighted by atomic mass is 10.4. The van der Waals surface area contributed by atoms with Crippen LogP contribution in [0.15, 0.2) is 12.4 Å². The fourth-order valence-corrected chi connectivity index (χ4v) is 1.75. The molecule has 1 saturated heterocycles. The van der Waals surface area contributed by atoms with Gasteiger partial charge in [-0.2, -0.15) is 0 Å². The van der Waals surface area contributed by atoms with Crippen LogP contribution in [0.1, 0.15) is 6.42 Å². The molecule has 1 atom stereocenters. The number of halogens is 1. The minimum atomic E-state index is -0.0794. The molecule has 1 aromatic heterocycles.